The van der Waals surface area contributed by atoms with E-state index in [-0.39, 0.29) is 6.04 Å². The van der Waals surface area contributed by atoms with Crippen molar-refractivity contribution in [3.63, 3.8) is 0 Å². The Morgan fingerprint density at radius 3 is 2.82 bits per heavy atom. The Hall–Kier alpha value is -1.05. The highest BCUT2D eigenvalue weighted by Gasteiger charge is 2.25. The Balaban J connectivity index is 2.19. The third-order valence-electron chi connectivity index (χ3n) is 3.10. The van der Waals surface area contributed by atoms with Crippen LogP contribution in [0.15, 0.2) is 28.7 Å². The predicted octanol–water partition coefficient (Wildman–Crippen LogP) is 2.53. The van der Waals surface area contributed by atoms with Crippen LogP contribution in [0, 0.1) is 11.3 Å². The zero-order valence-electron chi connectivity index (χ0n) is 9.86. The fourth-order valence-electron chi connectivity index (χ4n) is 2.19. The summed E-state index contributed by atoms with van der Waals surface area (Å²) in [7, 11) is 0. The van der Waals surface area contributed by atoms with Gasteiger partial charge in [-0.05, 0) is 31.2 Å². The van der Waals surface area contributed by atoms with Crippen LogP contribution in [0.2, 0.25) is 0 Å². The average Bonchev–Trinajstić information content (AvgIpc) is 2.33. The molecule has 0 bridgehead atoms. The van der Waals surface area contributed by atoms with Crippen molar-refractivity contribution in [2.45, 2.75) is 25.4 Å². The number of nitriles is 1. The summed E-state index contributed by atoms with van der Waals surface area (Å²) >= 11 is 3.44. The highest BCUT2D eigenvalue weighted by Crippen LogP contribution is 2.23. The molecule has 2 rings (SSSR count). The minimum absolute atomic E-state index is 0.275. The fraction of sp³-hybridized carbons (Fsp3) is 0.462. The van der Waals surface area contributed by atoms with Gasteiger partial charge in [0.25, 0.3) is 0 Å². The molecule has 0 aliphatic carbocycles. The van der Waals surface area contributed by atoms with Crippen molar-refractivity contribution >= 4 is 21.6 Å². The number of anilines is 1. The molecule has 1 aromatic carbocycles. The van der Waals surface area contributed by atoms with Gasteiger partial charge in [0.1, 0.15) is 0 Å². The molecule has 0 spiro atoms. The molecular formula is C13H16BrN3. The maximum absolute atomic E-state index is 8.88. The van der Waals surface area contributed by atoms with Gasteiger partial charge in [-0.3, -0.25) is 0 Å². The Morgan fingerprint density at radius 1 is 1.47 bits per heavy atom. The quantitative estimate of drug-likeness (QED) is 0.911. The van der Waals surface area contributed by atoms with Gasteiger partial charge in [0.2, 0.25) is 0 Å². The van der Waals surface area contributed by atoms with E-state index in [1.807, 2.05) is 12.1 Å². The van der Waals surface area contributed by atoms with Gasteiger partial charge in [0, 0.05) is 29.3 Å². The van der Waals surface area contributed by atoms with Crippen molar-refractivity contribution < 1.29 is 0 Å². The van der Waals surface area contributed by atoms with Crippen molar-refractivity contribution in [3.8, 4) is 6.07 Å². The first-order valence-electron chi connectivity index (χ1n) is 5.83. The molecule has 1 N–H and O–H groups in total. The number of nitrogens with zero attached hydrogens (tertiary/aromatic N) is 2. The van der Waals surface area contributed by atoms with Crippen molar-refractivity contribution in [1.82, 2.24) is 5.32 Å². The molecule has 0 radical (unpaired) electrons. The van der Waals surface area contributed by atoms with Gasteiger partial charge < -0.3 is 10.2 Å². The summed E-state index contributed by atoms with van der Waals surface area (Å²) < 4.78 is 1.08. The van der Waals surface area contributed by atoms with E-state index < -0.39 is 0 Å². The Labute approximate surface area is 111 Å². The third-order valence-corrected chi connectivity index (χ3v) is 3.63. The molecule has 1 fully saturated rings. The van der Waals surface area contributed by atoms with Gasteiger partial charge in [-0.2, -0.15) is 5.26 Å². The van der Waals surface area contributed by atoms with Crippen LogP contribution in [0.25, 0.3) is 0 Å². The number of hydrogen-bond acceptors (Lipinski definition) is 3. The van der Waals surface area contributed by atoms with Crippen molar-refractivity contribution in [2.24, 2.45) is 0 Å². The maximum Gasteiger partial charge on any atom is 0.0643 e. The standard InChI is InChI=1S/C13H16BrN3/c1-10-9-17(13(6-7-15)8-16-10)12-4-2-11(14)3-5-12/h2-5,10,13,16H,6,8-9H2,1H3. The van der Waals surface area contributed by atoms with E-state index in [4.69, 9.17) is 5.26 Å². The largest absolute Gasteiger partial charge is 0.365 e. The van der Waals surface area contributed by atoms with Crippen LogP contribution in [0.1, 0.15) is 13.3 Å². The van der Waals surface area contributed by atoms with E-state index in [0.717, 1.165) is 17.6 Å². The van der Waals surface area contributed by atoms with Gasteiger partial charge in [-0.25, -0.2) is 0 Å². The SMILES string of the molecule is CC1CN(c2ccc(Br)cc2)C(CC#N)CN1. The summed E-state index contributed by atoms with van der Waals surface area (Å²) in [6.45, 7) is 4.01. The summed E-state index contributed by atoms with van der Waals surface area (Å²) in [4.78, 5) is 2.33. The van der Waals surface area contributed by atoms with Crippen LogP contribution in [0.3, 0.4) is 0 Å². The molecule has 0 saturated carbocycles. The number of piperazine rings is 1. The van der Waals surface area contributed by atoms with E-state index in [0.29, 0.717) is 12.5 Å². The molecule has 1 aliphatic rings. The molecule has 17 heavy (non-hydrogen) atoms. The Kier molecular flexibility index (Phi) is 4.03. The molecule has 2 atom stereocenters. The second-order valence-electron chi connectivity index (χ2n) is 4.45. The summed E-state index contributed by atoms with van der Waals surface area (Å²) in [6.07, 6.45) is 0.565. The number of rotatable bonds is 2. The summed E-state index contributed by atoms with van der Waals surface area (Å²) in [6, 6.07) is 11.3. The molecule has 4 heteroatoms. The lowest BCUT2D eigenvalue weighted by Gasteiger charge is -2.40. The number of halogens is 1. The van der Waals surface area contributed by atoms with E-state index in [1.54, 1.807) is 0 Å². The second-order valence-corrected chi connectivity index (χ2v) is 5.37. The molecule has 0 amide bonds. The van der Waals surface area contributed by atoms with Crippen molar-refractivity contribution in [2.75, 3.05) is 18.0 Å². The number of hydrogen-bond donors (Lipinski definition) is 1. The van der Waals surface area contributed by atoms with E-state index in [2.05, 4.69) is 51.3 Å². The van der Waals surface area contributed by atoms with Crippen molar-refractivity contribution in [3.05, 3.63) is 28.7 Å². The summed E-state index contributed by atoms with van der Waals surface area (Å²) in [5.74, 6) is 0. The van der Waals surface area contributed by atoms with E-state index in [9.17, 15) is 0 Å². The third kappa shape index (κ3) is 2.99. The van der Waals surface area contributed by atoms with Crippen LogP contribution in [0.5, 0.6) is 0 Å². The lowest BCUT2D eigenvalue weighted by atomic mass is 10.1. The minimum Gasteiger partial charge on any atom is -0.365 e. The summed E-state index contributed by atoms with van der Waals surface area (Å²) in [5, 5.41) is 12.3. The first kappa shape index (κ1) is 12.4. The second kappa shape index (κ2) is 5.52. The lowest BCUT2D eigenvalue weighted by Crippen LogP contribution is -2.55. The van der Waals surface area contributed by atoms with Crippen LogP contribution >= 0.6 is 15.9 Å². The van der Waals surface area contributed by atoms with E-state index >= 15 is 0 Å². The zero-order chi connectivity index (χ0) is 12.3. The first-order chi connectivity index (χ1) is 8.20. The molecule has 2 unspecified atom stereocenters. The van der Waals surface area contributed by atoms with Gasteiger partial charge in [0.05, 0.1) is 18.5 Å². The van der Waals surface area contributed by atoms with Crippen LogP contribution < -0.4 is 10.2 Å². The monoisotopic (exact) mass is 293 g/mol. The van der Waals surface area contributed by atoms with Crippen LogP contribution in [0.4, 0.5) is 5.69 Å². The maximum atomic E-state index is 8.88. The Morgan fingerprint density at radius 2 is 2.18 bits per heavy atom. The van der Waals surface area contributed by atoms with Gasteiger partial charge in [-0.1, -0.05) is 15.9 Å². The number of benzene rings is 1. The molecule has 1 saturated heterocycles. The topological polar surface area (TPSA) is 39.1 Å². The molecule has 1 heterocycles. The molecule has 3 nitrogen and oxygen atoms in total. The Bertz CT molecular complexity index is 410. The van der Waals surface area contributed by atoms with Gasteiger partial charge in [0.15, 0.2) is 0 Å². The fourth-order valence-corrected chi connectivity index (χ4v) is 2.46. The zero-order valence-corrected chi connectivity index (χ0v) is 11.4. The smallest absolute Gasteiger partial charge is 0.0643 e. The van der Waals surface area contributed by atoms with Crippen LogP contribution in [-0.4, -0.2) is 25.2 Å². The molecular weight excluding hydrogens is 278 g/mol. The van der Waals surface area contributed by atoms with E-state index in [1.165, 1.54) is 5.69 Å². The molecule has 90 valence electrons. The predicted molar refractivity (Wildman–Crippen MR) is 73.0 cm³/mol. The first-order valence-corrected chi connectivity index (χ1v) is 6.62. The summed E-state index contributed by atoms with van der Waals surface area (Å²) in [5.41, 5.74) is 1.20. The highest BCUT2D eigenvalue weighted by molar-refractivity contribution is 9.10. The molecule has 1 aliphatic heterocycles. The van der Waals surface area contributed by atoms with Gasteiger partial charge >= 0.3 is 0 Å². The van der Waals surface area contributed by atoms with Crippen molar-refractivity contribution in [1.29, 1.82) is 5.26 Å². The lowest BCUT2D eigenvalue weighted by molar-refractivity contribution is 0.412. The average molecular weight is 294 g/mol. The normalized spacial score (nSPS) is 24.4. The van der Waals surface area contributed by atoms with Gasteiger partial charge in [-0.15, -0.1) is 0 Å². The van der Waals surface area contributed by atoms with Crippen LogP contribution in [-0.2, 0) is 0 Å². The number of nitrogens with one attached hydrogen (secondary N) is 1. The molecule has 1 aromatic rings. The minimum atomic E-state index is 0.275. The highest BCUT2D eigenvalue weighted by atomic mass is 79.9. The molecule has 0 aromatic heterocycles.